The van der Waals surface area contributed by atoms with Crippen LogP contribution in [0, 0.1) is 19.8 Å². The molecule has 0 spiro atoms. The third-order valence-corrected chi connectivity index (χ3v) is 4.46. The van der Waals surface area contributed by atoms with Crippen molar-refractivity contribution in [3.8, 4) is 5.75 Å². The number of benzene rings is 2. The first-order chi connectivity index (χ1) is 10.1. The molecule has 1 fully saturated rings. The van der Waals surface area contributed by atoms with Gasteiger partial charge in [-0.25, -0.2) is 0 Å². The van der Waals surface area contributed by atoms with E-state index in [0.717, 1.165) is 17.7 Å². The van der Waals surface area contributed by atoms with Gasteiger partial charge in [0, 0.05) is 11.5 Å². The van der Waals surface area contributed by atoms with E-state index in [1.165, 1.54) is 16.7 Å². The van der Waals surface area contributed by atoms with E-state index in [1.807, 2.05) is 30.3 Å². The van der Waals surface area contributed by atoms with E-state index in [1.54, 1.807) is 7.11 Å². The summed E-state index contributed by atoms with van der Waals surface area (Å²) in [5.74, 6) is 1.64. The van der Waals surface area contributed by atoms with Crippen LogP contribution in [0.25, 0.3) is 0 Å². The zero-order valence-corrected chi connectivity index (χ0v) is 12.7. The Morgan fingerprint density at radius 1 is 1.05 bits per heavy atom. The minimum absolute atomic E-state index is 0.139. The molecule has 1 saturated carbocycles. The summed E-state index contributed by atoms with van der Waals surface area (Å²) >= 11 is 0. The molecule has 0 bridgehead atoms. The normalized spacial score (nSPS) is 20.1. The Labute approximate surface area is 125 Å². The van der Waals surface area contributed by atoms with E-state index in [2.05, 4.69) is 26.0 Å². The van der Waals surface area contributed by atoms with Crippen molar-refractivity contribution in [1.29, 1.82) is 0 Å². The molecule has 2 atom stereocenters. The zero-order valence-electron chi connectivity index (χ0n) is 12.7. The van der Waals surface area contributed by atoms with Crippen LogP contribution in [0.5, 0.6) is 5.75 Å². The Morgan fingerprint density at radius 2 is 1.76 bits per heavy atom. The van der Waals surface area contributed by atoms with Crippen molar-refractivity contribution < 1.29 is 9.53 Å². The van der Waals surface area contributed by atoms with Crippen molar-refractivity contribution in [3.63, 3.8) is 0 Å². The first kappa shape index (κ1) is 13.9. The summed E-state index contributed by atoms with van der Waals surface area (Å²) in [4.78, 5) is 12.6. The second-order valence-corrected chi connectivity index (χ2v) is 5.89. The van der Waals surface area contributed by atoms with E-state index in [9.17, 15) is 4.79 Å². The van der Waals surface area contributed by atoms with Crippen LogP contribution in [0.3, 0.4) is 0 Å². The predicted octanol–water partition coefficient (Wildman–Crippen LogP) is 4.30. The number of carbonyl (C=O) groups excluding carboxylic acids is 1. The quantitative estimate of drug-likeness (QED) is 0.781. The maximum Gasteiger partial charge on any atom is 0.166 e. The molecule has 108 valence electrons. The van der Waals surface area contributed by atoms with E-state index in [4.69, 9.17) is 4.74 Å². The highest BCUT2D eigenvalue weighted by Crippen LogP contribution is 2.49. The molecule has 0 heterocycles. The van der Waals surface area contributed by atoms with Gasteiger partial charge < -0.3 is 4.74 Å². The van der Waals surface area contributed by atoms with Gasteiger partial charge in [0.25, 0.3) is 0 Å². The zero-order chi connectivity index (χ0) is 15.0. The van der Waals surface area contributed by atoms with Crippen molar-refractivity contribution in [1.82, 2.24) is 0 Å². The lowest BCUT2D eigenvalue weighted by Crippen LogP contribution is -2.04. The molecular formula is C19H20O2. The lowest BCUT2D eigenvalue weighted by Gasteiger charge is -2.05. The highest BCUT2D eigenvalue weighted by atomic mass is 16.5. The molecule has 0 radical (unpaired) electrons. The molecule has 0 aromatic heterocycles. The molecule has 2 unspecified atom stereocenters. The number of hydrogen-bond donors (Lipinski definition) is 0. The van der Waals surface area contributed by atoms with E-state index >= 15 is 0 Å². The van der Waals surface area contributed by atoms with Gasteiger partial charge in [-0.05, 0) is 61.1 Å². The average molecular weight is 280 g/mol. The van der Waals surface area contributed by atoms with Crippen LogP contribution >= 0.6 is 0 Å². The van der Waals surface area contributed by atoms with Crippen molar-refractivity contribution in [2.45, 2.75) is 26.2 Å². The standard InChI is InChI=1S/C19H20O2/c1-12-4-5-15(10-13(12)2)19(20)18-11-17(18)14-6-8-16(21-3)9-7-14/h4-10,17-18H,11H2,1-3H3. The highest BCUT2D eigenvalue weighted by Gasteiger charge is 2.43. The van der Waals surface area contributed by atoms with Gasteiger partial charge in [0.15, 0.2) is 5.78 Å². The van der Waals surface area contributed by atoms with E-state index in [0.29, 0.717) is 5.92 Å². The Bertz CT molecular complexity index is 670. The minimum Gasteiger partial charge on any atom is -0.497 e. The molecule has 0 saturated heterocycles. The lowest BCUT2D eigenvalue weighted by molar-refractivity contribution is 0.0965. The molecule has 21 heavy (non-hydrogen) atoms. The fourth-order valence-electron chi connectivity index (χ4n) is 2.81. The SMILES string of the molecule is COc1ccc(C2CC2C(=O)c2ccc(C)c(C)c2)cc1. The summed E-state index contributed by atoms with van der Waals surface area (Å²) in [5.41, 5.74) is 4.49. The Balaban J connectivity index is 1.74. The number of rotatable bonds is 4. The highest BCUT2D eigenvalue weighted by molar-refractivity contribution is 6.00. The molecule has 2 nitrogen and oxygen atoms in total. The molecule has 2 heteroatoms. The molecule has 0 aliphatic heterocycles. The summed E-state index contributed by atoms with van der Waals surface area (Å²) in [5, 5.41) is 0. The van der Waals surface area contributed by atoms with Crippen LogP contribution in [-0.2, 0) is 0 Å². The molecule has 0 N–H and O–H groups in total. The fraction of sp³-hybridized carbons (Fsp3) is 0.316. The van der Waals surface area contributed by atoms with Crippen LogP contribution < -0.4 is 4.74 Å². The molecule has 1 aliphatic rings. The van der Waals surface area contributed by atoms with Crippen LogP contribution in [0.2, 0.25) is 0 Å². The summed E-state index contributed by atoms with van der Waals surface area (Å²) < 4.78 is 5.17. The smallest absolute Gasteiger partial charge is 0.166 e. The molecule has 3 rings (SSSR count). The summed E-state index contributed by atoms with van der Waals surface area (Å²) in [6.45, 7) is 4.13. The Hall–Kier alpha value is -2.09. The first-order valence-corrected chi connectivity index (χ1v) is 7.35. The van der Waals surface area contributed by atoms with Gasteiger partial charge in [-0.15, -0.1) is 0 Å². The first-order valence-electron chi connectivity index (χ1n) is 7.35. The van der Waals surface area contributed by atoms with Crippen LogP contribution in [0.4, 0.5) is 0 Å². The predicted molar refractivity (Wildman–Crippen MR) is 84.1 cm³/mol. The molecule has 1 aliphatic carbocycles. The van der Waals surface area contributed by atoms with Gasteiger partial charge in [-0.2, -0.15) is 0 Å². The maximum atomic E-state index is 12.6. The number of Topliss-reactive ketones (excluding diaryl/α,β-unsaturated/α-hetero) is 1. The topological polar surface area (TPSA) is 26.3 Å². The Morgan fingerprint density at radius 3 is 2.38 bits per heavy atom. The average Bonchev–Trinajstić information content (AvgIpc) is 3.30. The summed E-state index contributed by atoms with van der Waals surface area (Å²) in [6, 6.07) is 14.1. The fourth-order valence-corrected chi connectivity index (χ4v) is 2.81. The second-order valence-electron chi connectivity index (χ2n) is 5.89. The second kappa shape index (κ2) is 5.36. The minimum atomic E-state index is 0.139. The van der Waals surface area contributed by atoms with Crippen molar-refractivity contribution in [2.24, 2.45) is 5.92 Å². The van der Waals surface area contributed by atoms with Crippen LogP contribution in [-0.4, -0.2) is 12.9 Å². The largest absolute Gasteiger partial charge is 0.497 e. The number of carbonyl (C=O) groups is 1. The third-order valence-electron chi connectivity index (χ3n) is 4.46. The number of ketones is 1. The van der Waals surface area contributed by atoms with E-state index < -0.39 is 0 Å². The van der Waals surface area contributed by atoms with Crippen LogP contribution in [0.1, 0.15) is 39.4 Å². The van der Waals surface area contributed by atoms with Gasteiger partial charge in [0.2, 0.25) is 0 Å². The maximum absolute atomic E-state index is 12.6. The van der Waals surface area contributed by atoms with Gasteiger partial charge in [0.05, 0.1) is 7.11 Å². The molecule has 2 aromatic rings. The third kappa shape index (κ3) is 2.71. The lowest BCUT2D eigenvalue weighted by atomic mass is 9.99. The molecule has 2 aromatic carbocycles. The number of methoxy groups -OCH3 is 1. The monoisotopic (exact) mass is 280 g/mol. The van der Waals surface area contributed by atoms with Gasteiger partial charge in [-0.1, -0.05) is 24.3 Å². The summed E-state index contributed by atoms with van der Waals surface area (Å²) in [7, 11) is 1.66. The number of hydrogen-bond acceptors (Lipinski definition) is 2. The number of ether oxygens (including phenoxy) is 1. The van der Waals surface area contributed by atoms with Gasteiger partial charge >= 0.3 is 0 Å². The van der Waals surface area contributed by atoms with Crippen molar-refractivity contribution in [3.05, 3.63) is 64.7 Å². The van der Waals surface area contributed by atoms with Gasteiger partial charge in [-0.3, -0.25) is 4.79 Å². The van der Waals surface area contributed by atoms with Crippen LogP contribution in [0.15, 0.2) is 42.5 Å². The van der Waals surface area contributed by atoms with Gasteiger partial charge in [0.1, 0.15) is 5.75 Å². The molecule has 0 amide bonds. The van der Waals surface area contributed by atoms with Crippen molar-refractivity contribution >= 4 is 5.78 Å². The summed E-state index contributed by atoms with van der Waals surface area (Å²) in [6.07, 6.45) is 0.956. The van der Waals surface area contributed by atoms with E-state index in [-0.39, 0.29) is 11.7 Å². The number of aryl methyl sites for hydroxylation is 2. The Kier molecular flexibility index (Phi) is 3.54. The molecular weight excluding hydrogens is 260 g/mol. The van der Waals surface area contributed by atoms with Crippen molar-refractivity contribution in [2.75, 3.05) is 7.11 Å².